The zero-order valence-corrected chi connectivity index (χ0v) is 13.1. The Hall–Kier alpha value is -2.73. The Morgan fingerprint density at radius 3 is 2.54 bits per heavy atom. The molecule has 1 unspecified atom stereocenters. The van der Waals surface area contributed by atoms with Crippen molar-refractivity contribution >= 4 is 11.6 Å². The highest BCUT2D eigenvalue weighted by molar-refractivity contribution is 5.79. The van der Waals surface area contributed by atoms with E-state index < -0.39 is 4.92 Å². The molecule has 0 bridgehead atoms. The molecule has 6 heteroatoms. The van der Waals surface area contributed by atoms with Crippen molar-refractivity contribution in [3.8, 4) is 0 Å². The van der Waals surface area contributed by atoms with Gasteiger partial charge in [0.2, 0.25) is 5.91 Å². The smallest absolute Gasteiger partial charge is 0.269 e. The van der Waals surface area contributed by atoms with Crippen molar-refractivity contribution in [1.82, 2.24) is 4.90 Å². The predicted octanol–water partition coefficient (Wildman–Crippen LogP) is 2.74. The first kappa shape index (κ1) is 16.1. The van der Waals surface area contributed by atoms with Gasteiger partial charge in [-0.05, 0) is 11.1 Å². The third-order valence-corrected chi connectivity index (χ3v) is 4.09. The van der Waals surface area contributed by atoms with Gasteiger partial charge in [0.25, 0.3) is 5.69 Å². The minimum atomic E-state index is -0.446. The number of morpholine rings is 1. The maximum absolute atomic E-state index is 12.5. The summed E-state index contributed by atoms with van der Waals surface area (Å²) >= 11 is 0. The van der Waals surface area contributed by atoms with E-state index in [0.717, 1.165) is 11.1 Å². The van der Waals surface area contributed by atoms with Gasteiger partial charge in [-0.15, -0.1) is 0 Å². The molecule has 1 heterocycles. The van der Waals surface area contributed by atoms with Crippen LogP contribution in [0.3, 0.4) is 0 Å². The average Bonchev–Trinajstić information content (AvgIpc) is 2.63. The van der Waals surface area contributed by atoms with Crippen molar-refractivity contribution in [2.24, 2.45) is 0 Å². The second kappa shape index (κ2) is 7.23. The van der Waals surface area contributed by atoms with Gasteiger partial charge in [-0.2, -0.15) is 0 Å². The normalized spacial score (nSPS) is 17.5. The molecule has 124 valence electrons. The number of hydrogen-bond acceptors (Lipinski definition) is 4. The van der Waals surface area contributed by atoms with Crippen LogP contribution in [0.1, 0.15) is 17.2 Å². The van der Waals surface area contributed by atoms with Crippen LogP contribution in [0.4, 0.5) is 5.69 Å². The quantitative estimate of drug-likeness (QED) is 0.640. The third kappa shape index (κ3) is 3.78. The summed E-state index contributed by atoms with van der Waals surface area (Å²) in [5, 5.41) is 10.7. The fourth-order valence-electron chi connectivity index (χ4n) is 2.77. The summed E-state index contributed by atoms with van der Waals surface area (Å²) in [7, 11) is 0. The molecule has 1 saturated heterocycles. The summed E-state index contributed by atoms with van der Waals surface area (Å²) in [5.41, 5.74) is 1.86. The van der Waals surface area contributed by atoms with Crippen LogP contribution in [0, 0.1) is 10.1 Å². The molecule has 6 nitrogen and oxygen atoms in total. The molecule has 1 aliphatic rings. The first-order valence-electron chi connectivity index (χ1n) is 7.81. The maximum atomic E-state index is 12.5. The van der Waals surface area contributed by atoms with Crippen LogP contribution in [0.5, 0.6) is 0 Å². The van der Waals surface area contributed by atoms with Crippen LogP contribution in [-0.2, 0) is 16.0 Å². The van der Waals surface area contributed by atoms with E-state index in [9.17, 15) is 14.9 Å². The highest BCUT2D eigenvalue weighted by Gasteiger charge is 2.25. The van der Waals surface area contributed by atoms with Gasteiger partial charge < -0.3 is 9.64 Å². The number of nitro benzene ring substituents is 1. The number of hydrogen-bond donors (Lipinski definition) is 0. The standard InChI is InChI=1S/C18H18N2O4/c21-18(12-14-6-8-16(9-7-14)20(22)23)19-10-11-24-17(13-19)15-4-2-1-3-5-15/h1-9,17H,10-13H2. The first-order chi connectivity index (χ1) is 11.6. The van der Waals surface area contributed by atoms with Gasteiger partial charge in [-0.25, -0.2) is 0 Å². The molecule has 1 fully saturated rings. The van der Waals surface area contributed by atoms with E-state index in [2.05, 4.69) is 0 Å². The lowest BCUT2D eigenvalue weighted by Crippen LogP contribution is -2.42. The van der Waals surface area contributed by atoms with Crippen molar-refractivity contribution < 1.29 is 14.5 Å². The second-order valence-electron chi connectivity index (χ2n) is 5.71. The molecular formula is C18H18N2O4. The molecule has 0 spiro atoms. The molecule has 0 aromatic heterocycles. The van der Waals surface area contributed by atoms with Crippen LogP contribution in [0.15, 0.2) is 54.6 Å². The Morgan fingerprint density at radius 1 is 1.17 bits per heavy atom. The molecule has 24 heavy (non-hydrogen) atoms. The largest absolute Gasteiger partial charge is 0.370 e. The fraction of sp³-hybridized carbons (Fsp3) is 0.278. The van der Waals surface area contributed by atoms with Crippen LogP contribution in [0.25, 0.3) is 0 Å². The van der Waals surface area contributed by atoms with Crippen molar-refractivity contribution in [1.29, 1.82) is 0 Å². The summed E-state index contributed by atoms with van der Waals surface area (Å²) in [5.74, 6) is 0.00749. The van der Waals surface area contributed by atoms with Crippen LogP contribution < -0.4 is 0 Å². The van der Waals surface area contributed by atoms with Crippen LogP contribution >= 0.6 is 0 Å². The van der Waals surface area contributed by atoms with E-state index in [1.54, 1.807) is 17.0 Å². The molecule has 1 aliphatic heterocycles. The van der Waals surface area contributed by atoms with E-state index in [4.69, 9.17) is 4.74 Å². The molecule has 2 aromatic rings. The predicted molar refractivity (Wildman–Crippen MR) is 88.5 cm³/mol. The molecule has 0 aliphatic carbocycles. The van der Waals surface area contributed by atoms with E-state index in [1.807, 2.05) is 30.3 Å². The number of nitrogens with zero attached hydrogens (tertiary/aromatic N) is 2. The monoisotopic (exact) mass is 326 g/mol. The topological polar surface area (TPSA) is 72.7 Å². The number of amides is 1. The molecular weight excluding hydrogens is 308 g/mol. The van der Waals surface area contributed by atoms with Gasteiger partial charge in [0.15, 0.2) is 0 Å². The van der Waals surface area contributed by atoms with Crippen molar-refractivity contribution in [2.75, 3.05) is 19.7 Å². The molecule has 0 saturated carbocycles. The Morgan fingerprint density at radius 2 is 1.88 bits per heavy atom. The van der Waals surface area contributed by atoms with E-state index >= 15 is 0 Å². The zero-order chi connectivity index (χ0) is 16.9. The highest BCUT2D eigenvalue weighted by Crippen LogP contribution is 2.22. The third-order valence-electron chi connectivity index (χ3n) is 4.09. The minimum Gasteiger partial charge on any atom is -0.370 e. The summed E-state index contributed by atoms with van der Waals surface area (Å²) in [4.78, 5) is 24.5. The molecule has 0 radical (unpaired) electrons. The van der Waals surface area contributed by atoms with Gasteiger partial charge in [0, 0.05) is 18.7 Å². The summed E-state index contributed by atoms with van der Waals surface area (Å²) in [6, 6.07) is 16.0. The molecule has 1 atom stereocenters. The van der Waals surface area contributed by atoms with Gasteiger partial charge in [-0.1, -0.05) is 42.5 Å². The lowest BCUT2D eigenvalue weighted by molar-refractivity contribution is -0.384. The van der Waals surface area contributed by atoms with Crippen molar-refractivity contribution in [3.05, 3.63) is 75.8 Å². The van der Waals surface area contributed by atoms with E-state index in [-0.39, 0.29) is 24.1 Å². The van der Waals surface area contributed by atoms with E-state index in [1.165, 1.54) is 12.1 Å². The van der Waals surface area contributed by atoms with Crippen molar-refractivity contribution in [2.45, 2.75) is 12.5 Å². The fourth-order valence-corrected chi connectivity index (χ4v) is 2.77. The molecule has 3 rings (SSSR count). The number of benzene rings is 2. The van der Waals surface area contributed by atoms with Crippen LogP contribution in [0.2, 0.25) is 0 Å². The highest BCUT2D eigenvalue weighted by atomic mass is 16.6. The SMILES string of the molecule is O=C(Cc1ccc([N+](=O)[O-])cc1)N1CCOC(c2ccccc2)C1. The van der Waals surface area contributed by atoms with Crippen LogP contribution in [-0.4, -0.2) is 35.4 Å². The Labute approximate surface area is 139 Å². The average molecular weight is 326 g/mol. The number of rotatable bonds is 4. The van der Waals surface area contributed by atoms with Gasteiger partial charge in [0.1, 0.15) is 6.10 Å². The number of carbonyl (C=O) groups excluding carboxylic acids is 1. The van der Waals surface area contributed by atoms with Gasteiger partial charge in [0.05, 0.1) is 24.5 Å². The number of nitro groups is 1. The summed E-state index contributed by atoms with van der Waals surface area (Å²) < 4.78 is 5.77. The van der Waals surface area contributed by atoms with Crippen molar-refractivity contribution in [3.63, 3.8) is 0 Å². The first-order valence-corrected chi connectivity index (χ1v) is 7.81. The summed E-state index contributed by atoms with van der Waals surface area (Å²) in [6.45, 7) is 1.59. The zero-order valence-electron chi connectivity index (χ0n) is 13.1. The molecule has 0 N–H and O–H groups in total. The van der Waals surface area contributed by atoms with E-state index in [0.29, 0.717) is 19.7 Å². The Balaban J connectivity index is 1.63. The number of ether oxygens (including phenoxy) is 1. The van der Waals surface area contributed by atoms with Gasteiger partial charge in [-0.3, -0.25) is 14.9 Å². The Kier molecular flexibility index (Phi) is 4.86. The maximum Gasteiger partial charge on any atom is 0.269 e. The lowest BCUT2D eigenvalue weighted by atomic mass is 10.1. The second-order valence-corrected chi connectivity index (χ2v) is 5.71. The summed E-state index contributed by atoms with van der Waals surface area (Å²) in [6.07, 6.45) is 0.125. The number of carbonyl (C=O) groups is 1. The van der Waals surface area contributed by atoms with Gasteiger partial charge >= 0.3 is 0 Å². The molecule has 1 amide bonds. The molecule has 2 aromatic carbocycles. The minimum absolute atomic E-state index is 0.00749. The number of non-ortho nitro benzene ring substituents is 1. The Bertz CT molecular complexity index is 716. The lowest BCUT2D eigenvalue weighted by Gasteiger charge is -2.33.